The van der Waals surface area contributed by atoms with Gasteiger partial charge in [-0.1, -0.05) is 12.1 Å². The predicted octanol–water partition coefficient (Wildman–Crippen LogP) is 2.76. The summed E-state index contributed by atoms with van der Waals surface area (Å²) in [6.07, 6.45) is 2.61. The lowest BCUT2D eigenvalue weighted by Gasteiger charge is -2.31. The third-order valence-corrected chi connectivity index (χ3v) is 3.94. The van der Waals surface area contributed by atoms with E-state index in [0.29, 0.717) is 18.9 Å². The fourth-order valence-electron chi connectivity index (χ4n) is 2.69. The van der Waals surface area contributed by atoms with Crippen molar-refractivity contribution >= 4 is 5.78 Å². The molecule has 3 nitrogen and oxygen atoms in total. The molecule has 1 aliphatic heterocycles. The number of halogens is 1. The quantitative estimate of drug-likeness (QED) is 0.750. The molecular formula is C16H22FNO2. The number of carbonyl (C=O) groups is 1. The Hall–Kier alpha value is -1.26. The molecule has 1 saturated heterocycles. The number of ketones is 1. The summed E-state index contributed by atoms with van der Waals surface area (Å²) in [4.78, 5) is 14.3. The molecule has 0 radical (unpaired) electrons. The topological polar surface area (TPSA) is 29.5 Å². The molecule has 0 spiro atoms. The van der Waals surface area contributed by atoms with Crippen molar-refractivity contribution in [3.63, 3.8) is 0 Å². The summed E-state index contributed by atoms with van der Waals surface area (Å²) >= 11 is 0. The first-order chi connectivity index (χ1) is 9.70. The number of carbonyl (C=O) groups excluding carboxylic acids is 1. The molecule has 1 aliphatic rings. The molecule has 1 heterocycles. The van der Waals surface area contributed by atoms with Crippen molar-refractivity contribution in [2.24, 2.45) is 5.92 Å². The molecule has 20 heavy (non-hydrogen) atoms. The second-order valence-corrected chi connectivity index (χ2v) is 5.39. The second-order valence-electron chi connectivity index (χ2n) is 5.39. The van der Waals surface area contributed by atoms with Gasteiger partial charge < -0.3 is 9.64 Å². The maximum atomic E-state index is 13.5. The van der Waals surface area contributed by atoms with Crippen LogP contribution in [-0.4, -0.2) is 44.0 Å². The van der Waals surface area contributed by atoms with Crippen LogP contribution in [0.3, 0.4) is 0 Å². The van der Waals surface area contributed by atoms with E-state index >= 15 is 0 Å². The molecule has 0 bridgehead atoms. The van der Waals surface area contributed by atoms with E-state index in [-0.39, 0.29) is 11.3 Å². The molecule has 1 aromatic carbocycles. The summed E-state index contributed by atoms with van der Waals surface area (Å²) in [6.45, 7) is 3.53. The van der Waals surface area contributed by atoms with Crippen molar-refractivity contribution in [2.45, 2.75) is 19.3 Å². The number of methoxy groups -OCH3 is 1. The van der Waals surface area contributed by atoms with Crippen LogP contribution in [0.15, 0.2) is 24.3 Å². The van der Waals surface area contributed by atoms with Crippen molar-refractivity contribution in [1.82, 2.24) is 4.90 Å². The highest BCUT2D eigenvalue weighted by Crippen LogP contribution is 2.18. The van der Waals surface area contributed by atoms with E-state index in [1.807, 2.05) is 0 Å². The van der Waals surface area contributed by atoms with Gasteiger partial charge in [-0.05, 0) is 44.0 Å². The molecule has 0 aromatic heterocycles. The lowest BCUT2D eigenvalue weighted by atomic mass is 9.97. The number of likely N-dealkylation sites (tertiary alicyclic amines) is 1. The Bertz CT molecular complexity index is 442. The average Bonchev–Trinajstić information content (AvgIpc) is 2.47. The highest BCUT2D eigenvalue weighted by atomic mass is 19.1. The van der Waals surface area contributed by atoms with Crippen LogP contribution < -0.4 is 0 Å². The van der Waals surface area contributed by atoms with Gasteiger partial charge in [0.25, 0.3) is 0 Å². The molecule has 0 N–H and O–H groups in total. The Kier molecular flexibility index (Phi) is 5.68. The Labute approximate surface area is 119 Å². The number of piperidine rings is 1. The number of Topliss-reactive ketones (excluding diaryl/α,β-unsaturated/α-hetero) is 1. The van der Waals surface area contributed by atoms with Crippen LogP contribution in [-0.2, 0) is 4.74 Å². The van der Waals surface area contributed by atoms with Crippen molar-refractivity contribution in [2.75, 3.05) is 33.4 Å². The standard InChI is InChI=1S/C16H22FNO2/c1-20-12-13-6-9-18(10-7-13)11-8-16(19)14-4-2-3-5-15(14)17/h2-5,13H,6-12H2,1H3. The SMILES string of the molecule is COCC1CCN(CCC(=O)c2ccccc2F)CC1. The number of hydrogen-bond acceptors (Lipinski definition) is 3. The van der Waals surface area contributed by atoms with Gasteiger partial charge in [-0.15, -0.1) is 0 Å². The van der Waals surface area contributed by atoms with E-state index in [4.69, 9.17) is 4.74 Å². The minimum Gasteiger partial charge on any atom is -0.384 e. The molecule has 110 valence electrons. The highest BCUT2D eigenvalue weighted by molar-refractivity contribution is 5.96. The van der Waals surface area contributed by atoms with E-state index in [1.165, 1.54) is 6.07 Å². The zero-order valence-electron chi connectivity index (χ0n) is 12.0. The fourth-order valence-corrected chi connectivity index (χ4v) is 2.69. The van der Waals surface area contributed by atoms with E-state index in [9.17, 15) is 9.18 Å². The minimum absolute atomic E-state index is 0.109. The van der Waals surface area contributed by atoms with Crippen LogP contribution in [0.1, 0.15) is 29.6 Å². The van der Waals surface area contributed by atoms with E-state index in [1.54, 1.807) is 25.3 Å². The second kappa shape index (κ2) is 7.50. The van der Waals surface area contributed by atoms with Gasteiger partial charge in [-0.2, -0.15) is 0 Å². The van der Waals surface area contributed by atoms with Gasteiger partial charge in [0.05, 0.1) is 5.56 Å². The summed E-state index contributed by atoms with van der Waals surface area (Å²) in [7, 11) is 1.74. The van der Waals surface area contributed by atoms with Gasteiger partial charge in [0.2, 0.25) is 0 Å². The third kappa shape index (κ3) is 4.12. The average molecular weight is 279 g/mol. The fraction of sp³-hybridized carbons (Fsp3) is 0.562. The first kappa shape index (κ1) is 15.1. The summed E-state index contributed by atoms with van der Waals surface area (Å²) in [6, 6.07) is 6.20. The van der Waals surface area contributed by atoms with Crippen molar-refractivity contribution in [3.05, 3.63) is 35.6 Å². The Morgan fingerprint density at radius 2 is 2.05 bits per heavy atom. The summed E-state index contributed by atoms with van der Waals surface area (Å²) in [5.74, 6) is 0.108. The largest absolute Gasteiger partial charge is 0.384 e. The van der Waals surface area contributed by atoms with Crippen molar-refractivity contribution in [1.29, 1.82) is 0 Å². The predicted molar refractivity (Wildman–Crippen MR) is 76.4 cm³/mol. The molecule has 2 rings (SSSR count). The Morgan fingerprint density at radius 1 is 1.35 bits per heavy atom. The normalized spacial score (nSPS) is 17.3. The van der Waals surface area contributed by atoms with Crippen LogP contribution >= 0.6 is 0 Å². The van der Waals surface area contributed by atoms with Gasteiger partial charge in [0, 0.05) is 26.7 Å². The molecule has 0 unspecified atom stereocenters. The van der Waals surface area contributed by atoms with Crippen molar-refractivity contribution in [3.8, 4) is 0 Å². The summed E-state index contributed by atoms with van der Waals surface area (Å²) in [5, 5.41) is 0. The Morgan fingerprint density at radius 3 is 2.70 bits per heavy atom. The Balaban J connectivity index is 1.76. The number of ether oxygens (including phenoxy) is 1. The van der Waals surface area contributed by atoms with Crippen LogP contribution in [0.2, 0.25) is 0 Å². The van der Waals surface area contributed by atoms with Gasteiger partial charge in [-0.25, -0.2) is 4.39 Å². The van der Waals surface area contributed by atoms with Gasteiger partial charge in [0.1, 0.15) is 5.82 Å². The molecule has 1 fully saturated rings. The van der Waals surface area contributed by atoms with Crippen LogP contribution in [0.25, 0.3) is 0 Å². The van der Waals surface area contributed by atoms with Crippen LogP contribution in [0.5, 0.6) is 0 Å². The molecule has 0 atom stereocenters. The van der Waals surface area contributed by atoms with Gasteiger partial charge >= 0.3 is 0 Å². The first-order valence-electron chi connectivity index (χ1n) is 7.19. The van der Waals surface area contributed by atoms with Gasteiger partial charge in [-0.3, -0.25) is 4.79 Å². The van der Waals surface area contributed by atoms with Crippen LogP contribution in [0.4, 0.5) is 4.39 Å². The zero-order valence-corrected chi connectivity index (χ0v) is 12.0. The first-order valence-corrected chi connectivity index (χ1v) is 7.19. The van der Waals surface area contributed by atoms with Crippen LogP contribution in [0, 0.1) is 11.7 Å². The van der Waals surface area contributed by atoms with E-state index in [0.717, 1.165) is 32.5 Å². The molecule has 4 heteroatoms. The lowest BCUT2D eigenvalue weighted by molar-refractivity contribution is 0.0881. The zero-order chi connectivity index (χ0) is 14.4. The lowest BCUT2D eigenvalue weighted by Crippen LogP contribution is -2.36. The molecule has 0 saturated carbocycles. The number of nitrogens with zero attached hydrogens (tertiary/aromatic N) is 1. The third-order valence-electron chi connectivity index (χ3n) is 3.94. The number of benzene rings is 1. The maximum Gasteiger partial charge on any atom is 0.167 e. The molecular weight excluding hydrogens is 257 g/mol. The summed E-state index contributed by atoms with van der Waals surface area (Å²) < 4.78 is 18.7. The highest BCUT2D eigenvalue weighted by Gasteiger charge is 2.20. The van der Waals surface area contributed by atoms with Gasteiger partial charge in [0.15, 0.2) is 5.78 Å². The van der Waals surface area contributed by atoms with E-state index < -0.39 is 5.82 Å². The number of rotatable bonds is 6. The van der Waals surface area contributed by atoms with E-state index in [2.05, 4.69) is 4.90 Å². The molecule has 1 aromatic rings. The molecule has 0 aliphatic carbocycles. The summed E-state index contributed by atoms with van der Waals surface area (Å²) in [5.41, 5.74) is 0.210. The smallest absolute Gasteiger partial charge is 0.167 e. The van der Waals surface area contributed by atoms with Crippen molar-refractivity contribution < 1.29 is 13.9 Å². The minimum atomic E-state index is -0.420. The molecule has 0 amide bonds. The maximum absolute atomic E-state index is 13.5. The number of hydrogen-bond donors (Lipinski definition) is 0. The monoisotopic (exact) mass is 279 g/mol.